The first-order chi connectivity index (χ1) is 25.6. The third kappa shape index (κ3) is 11.6. The Bertz CT molecular complexity index is 1670. The molecule has 0 aromatic heterocycles. The lowest BCUT2D eigenvalue weighted by molar-refractivity contribution is -0.162. The maximum atomic E-state index is 14.3. The largest absolute Gasteiger partial charge is 0.493 e. The molecule has 0 radical (unpaired) electrons. The second kappa shape index (κ2) is 20.8. The zero-order chi connectivity index (χ0) is 38.3. The van der Waals surface area contributed by atoms with Gasteiger partial charge in [-0.2, -0.15) is 0 Å². The number of piperidine rings is 1. The highest BCUT2D eigenvalue weighted by molar-refractivity contribution is 5.89. The zero-order valence-electron chi connectivity index (χ0n) is 33.1. The van der Waals surface area contributed by atoms with Crippen molar-refractivity contribution in [3.8, 4) is 17.2 Å². The van der Waals surface area contributed by atoms with E-state index in [2.05, 4.69) is 39.0 Å². The molecule has 0 spiro atoms. The number of rotatable bonds is 20. The van der Waals surface area contributed by atoms with Crippen LogP contribution in [-0.4, -0.2) is 56.0 Å². The second-order valence-corrected chi connectivity index (χ2v) is 14.5. The smallest absolute Gasteiger partial charge is 0.329 e. The van der Waals surface area contributed by atoms with E-state index in [1.165, 1.54) is 24.0 Å². The molecule has 8 nitrogen and oxygen atoms in total. The van der Waals surface area contributed by atoms with Crippen LogP contribution < -0.4 is 14.2 Å². The van der Waals surface area contributed by atoms with Crippen LogP contribution in [0.4, 0.5) is 0 Å². The molecule has 0 bridgehead atoms. The van der Waals surface area contributed by atoms with Gasteiger partial charge in [0.05, 0.1) is 20.1 Å². The predicted molar refractivity (Wildman–Crippen MR) is 210 cm³/mol. The van der Waals surface area contributed by atoms with Gasteiger partial charge < -0.3 is 23.8 Å². The van der Waals surface area contributed by atoms with Crippen molar-refractivity contribution in [2.45, 2.75) is 130 Å². The summed E-state index contributed by atoms with van der Waals surface area (Å²) in [7, 11) is 3.20. The SMILES string of the molecule is CCCCCCCC(=O)COc1cccc([C@@H](CCc2ccc(C)c(C)c2)OC(=O)[C@@H]2CCCCN2C(=O)[C@@H](CC)c2cc(C)c(OC)c(OC)c2)c1. The van der Waals surface area contributed by atoms with Gasteiger partial charge in [0.25, 0.3) is 0 Å². The van der Waals surface area contributed by atoms with Crippen molar-refractivity contribution >= 4 is 17.7 Å². The normalized spacial score (nSPS) is 15.4. The number of hydrogen-bond donors (Lipinski definition) is 0. The number of carbonyl (C=O) groups is 3. The van der Waals surface area contributed by atoms with Crippen molar-refractivity contribution in [2.24, 2.45) is 0 Å². The Kier molecular flexibility index (Phi) is 16.2. The van der Waals surface area contributed by atoms with E-state index in [0.717, 1.165) is 54.4 Å². The monoisotopic (exact) mass is 727 g/mol. The van der Waals surface area contributed by atoms with Gasteiger partial charge in [-0.05, 0) is 117 Å². The first-order valence-corrected chi connectivity index (χ1v) is 19.6. The number of methoxy groups -OCH3 is 2. The fourth-order valence-corrected chi connectivity index (χ4v) is 7.31. The summed E-state index contributed by atoms with van der Waals surface area (Å²) in [5, 5.41) is 0. The first-order valence-electron chi connectivity index (χ1n) is 19.6. The number of unbranched alkanes of at least 4 members (excludes halogenated alkanes) is 4. The highest BCUT2D eigenvalue weighted by atomic mass is 16.5. The second-order valence-electron chi connectivity index (χ2n) is 14.5. The average molecular weight is 728 g/mol. The summed E-state index contributed by atoms with van der Waals surface area (Å²) >= 11 is 0. The van der Waals surface area contributed by atoms with E-state index < -0.39 is 24.0 Å². The molecular formula is C45H61NO7. The van der Waals surface area contributed by atoms with E-state index in [4.69, 9.17) is 18.9 Å². The summed E-state index contributed by atoms with van der Waals surface area (Å²) in [6.45, 7) is 10.8. The van der Waals surface area contributed by atoms with Gasteiger partial charge in [0.1, 0.15) is 24.5 Å². The van der Waals surface area contributed by atoms with Gasteiger partial charge in [-0.1, -0.05) is 75.9 Å². The third-order valence-corrected chi connectivity index (χ3v) is 10.6. The molecule has 0 N–H and O–H groups in total. The molecule has 1 saturated heterocycles. The Morgan fingerprint density at radius 1 is 0.830 bits per heavy atom. The summed E-state index contributed by atoms with van der Waals surface area (Å²) in [6.07, 6.45) is 9.42. The molecule has 3 aromatic carbocycles. The number of carbonyl (C=O) groups excluding carboxylic acids is 3. The van der Waals surface area contributed by atoms with E-state index in [1.807, 2.05) is 50.2 Å². The first kappa shape index (κ1) is 41.4. The number of Topliss-reactive ketones (excluding diaryl/α,β-unsaturated/α-hetero) is 1. The van der Waals surface area contributed by atoms with Crippen molar-refractivity contribution in [1.82, 2.24) is 4.90 Å². The molecule has 288 valence electrons. The standard InChI is InChI=1S/C45H61NO7/c1-8-10-11-12-13-18-37(47)30-52-38-19-16-17-35(28-38)41(24-23-34-22-21-31(3)32(4)26-34)53-45(49)40-20-14-15-25-46(40)44(48)39(9-2)36-27-33(5)43(51-7)42(29-36)50-6/h16-17,19,21-22,26-29,39-41H,8-15,18,20,23-25,30H2,1-7H3/t39-,40-,41+/m0/s1. The molecule has 8 heteroatoms. The van der Waals surface area contributed by atoms with E-state index in [9.17, 15) is 14.4 Å². The molecule has 3 aromatic rings. The molecule has 1 aliphatic rings. The van der Waals surface area contributed by atoms with Gasteiger partial charge in [-0.15, -0.1) is 0 Å². The summed E-state index contributed by atoms with van der Waals surface area (Å²) < 4.78 is 23.5. The van der Waals surface area contributed by atoms with Crippen LogP contribution in [0.25, 0.3) is 0 Å². The summed E-state index contributed by atoms with van der Waals surface area (Å²) in [4.78, 5) is 42.9. The van der Waals surface area contributed by atoms with Gasteiger partial charge in [-0.3, -0.25) is 9.59 Å². The van der Waals surface area contributed by atoms with Crippen molar-refractivity contribution in [1.29, 1.82) is 0 Å². The topological polar surface area (TPSA) is 91.4 Å². The predicted octanol–water partition coefficient (Wildman–Crippen LogP) is 9.73. The molecular weight excluding hydrogens is 666 g/mol. The van der Waals surface area contributed by atoms with Crippen LogP contribution in [0.3, 0.4) is 0 Å². The Morgan fingerprint density at radius 2 is 1.62 bits per heavy atom. The van der Waals surface area contributed by atoms with Crippen molar-refractivity contribution in [2.75, 3.05) is 27.4 Å². The summed E-state index contributed by atoms with van der Waals surface area (Å²) in [6, 6.07) is 17.1. The molecule has 1 aliphatic heterocycles. The Morgan fingerprint density at radius 3 is 2.34 bits per heavy atom. The number of esters is 1. The zero-order valence-corrected chi connectivity index (χ0v) is 33.1. The number of nitrogens with zero attached hydrogens (tertiary/aromatic N) is 1. The lowest BCUT2D eigenvalue weighted by atomic mass is 9.91. The highest BCUT2D eigenvalue weighted by Crippen LogP contribution is 2.37. The Hall–Kier alpha value is -4.33. The van der Waals surface area contributed by atoms with Crippen LogP contribution in [0, 0.1) is 20.8 Å². The number of ether oxygens (including phenoxy) is 4. The molecule has 1 heterocycles. The van der Waals surface area contributed by atoms with Gasteiger partial charge in [0, 0.05) is 13.0 Å². The summed E-state index contributed by atoms with van der Waals surface area (Å²) in [5.41, 5.74) is 6.13. The van der Waals surface area contributed by atoms with Crippen LogP contribution in [0.1, 0.15) is 130 Å². The lowest BCUT2D eigenvalue weighted by Gasteiger charge is -2.37. The molecule has 0 aliphatic carbocycles. The van der Waals surface area contributed by atoms with E-state index in [0.29, 0.717) is 55.9 Å². The van der Waals surface area contributed by atoms with E-state index in [-0.39, 0.29) is 18.3 Å². The number of hydrogen-bond acceptors (Lipinski definition) is 7. The summed E-state index contributed by atoms with van der Waals surface area (Å²) in [5.74, 6) is 0.941. The molecule has 0 unspecified atom stereocenters. The van der Waals surface area contributed by atoms with E-state index in [1.54, 1.807) is 19.1 Å². The minimum Gasteiger partial charge on any atom is -0.493 e. The molecule has 3 atom stereocenters. The third-order valence-electron chi connectivity index (χ3n) is 10.6. The molecule has 1 amide bonds. The fourth-order valence-electron chi connectivity index (χ4n) is 7.31. The average Bonchev–Trinajstić information content (AvgIpc) is 3.16. The Balaban J connectivity index is 1.54. The van der Waals surface area contributed by atoms with Crippen LogP contribution in [-0.2, 0) is 25.5 Å². The van der Waals surface area contributed by atoms with Crippen LogP contribution in [0.2, 0.25) is 0 Å². The highest BCUT2D eigenvalue weighted by Gasteiger charge is 2.38. The maximum absolute atomic E-state index is 14.3. The van der Waals surface area contributed by atoms with Gasteiger partial charge in [-0.25, -0.2) is 4.79 Å². The van der Waals surface area contributed by atoms with Gasteiger partial charge in [0.2, 0.25) is 5.91 Å². The van der Waals surface area contributed by atoms with Crippen molar-refractivity contribution in [3.05, 3.63) is 88.0 Å². The van der Waals surface area contributed by atoms with Gasteiger partial charge in [0.15, 0.2) is 17.3 Å². The fraction of sp³-hybridized carbons (Fsp3) is 0.533. The molecule has 0 saturated carbocycles. The maximum Gasteiger partial charge on any atom is 0.329 e. The molecule has 4 rings (SSSR count). The van der Waals surface area contributed by atoms with Crippen molar-refractivity contribution < 1.29 is 33.3 Å². The number of amides is 1. The molecule has 1 fully saturated rings. The van der Waals surface area contributed by atoms with Crippen molar-refractivity contribution in [3.63, 3.8) is 0 Å². The molecule has 53 heavy (non-hydrogen) atoms. The van der Waals surface area contributed by atoms with Gasteiger partial charge >= 0.3 is 5.97 Å². The number of ketones is 1. The van der Waals surface area contributed by atoms with E-state index >= 15 is 0 Å². The number of aryl methyl sites for hydroxylation is 4. The number of benzene rings is 3. The van der Waals surface area contributed by atoms with Crippen LogP contribution in [0.5, 0.6) is 17.2 Å². The lowest BCUT2D eigenvalue weighted by Crippen LogP contribution is -2.50. The minimum atomic E-state index is -0.690. The van der Waals surface area contributed by atoms with Crippen LogP contribution >= 0.6 is 0 Å². The quantitative estimate of drug-likeness (QED) is 0.0846. The minimum absolute atomic E-state index is 0.0155. The number of likely N-dealkylation sites (tertiary alicyclic amines) is 1. The van der Waals surface area contributed by atoms with Crippen LogP contribution in [0.15, 0.2) is 54.6 Å². The Labute approximate surface area is 317 Å².